The molecule has 0 aromatic heterocycles. The second-order valence-corrected chi connectivity index (χ2v) is 7.78. The van der Waals surface area contributed by atoms with E-state index in [1.807, 2.05) is 0 Å². The fourth-order valence-electron chi connectivity index (χ4n) is 4.03. The molecule has 0 amide bonds. The second kappa shape index (κ2) is 6.10. The van der Waals surface area contributed by atoms with Gasteiger partial charge in [-0.25, -0.2) is 0 Å². The molecule has 2 heteroatoms. The summed E-state index contributed by atoms with van der Waals surface area (Å²) < 4.78 is 0. The van der Waals surface area contributed by atoms with Crippen molar-refractivity contribution >= 4 is 0 Å². The number of benzene rings is 1. The average Bonchev–Trinajstić information content (AvgIpc) is 2.71. The highest BCUT2D eigenvalue weighted by atomic mass is 15.1. The number of rotatable bonds is 4. The number of nitrogens with one attached hydrogen (secondary N) is 1. The van der Waals surface area contributed by atoms with Crippen LogP contribution in [0.5, 0.6) is 0 Å². The Morgan fingerprint density at radius 2 is 1.90 bits per heavy atom. The standard InChI is InChI=1S/C19H30N2/c1-15-8-11-21(12-9-15)13-10-20-18-17-7-5-4-6-16(17)14-19(18,2)3/h4-7,15,18,20H,8-14H2,1-3H3. The molecule has 21 heavy (non-hydrogen) atoms. The van der Waals surface area contributed by atoms with E-state index in [1.165, 1.54) is 50.0 Å². The quantitative estimate of drug-likeness (QED) is 0.909. The molecular weight excluding hydrogens is 256 g/mol. The van der Waals surface area contributed by atoms with Crippen LogP contribution in [0.3, 0.4) is 0 Å². The van der Waals surface area contributed by atoms with Gasteiger partial charge in [-0.2, -0.15) is 0 Å². The Morgan fingerprint density at radius 3 is 2.67 bits per heavy atom. The van der Waals surface area contributed by atoms with Crippen molar-refractivity contribution in [3.05, 3.63) is 35.4 Å². The highest BCUT2D eigenvalue weighted by molar-refractivity contribution is 5.37. The number of fused-ring (bicyclic) bond motifs is 1. The number of likely N-dealkylation sites (tertiary alicyclic amines) is 1. The van der Waals surface area contributed by atoms with Crippen LogP contribution in [0.15, 0.2) is 24.3 Å². The van der Waals surface area contributed by atoms with E-state index in [4.69, 9.17) is 0 Å². The first-order chi connectivity index (χ1) is 10.1. The van der Waals surface area contributed by atoms with Gasteiger partial charge in [0.15, 0.2) is 0 Å². The lowest BCUT2D eigenvalue weighted by Gasteiger charge is -2.32. The fourth-order valence-corrected chi connectivity index (χ4v) is 4.03. The summed E-state index contributed by atoms with van der Waals surface area (Å²) in [5.74, 6) is 0.926. The van der Waals surface area contributed by atoms with Crippen LogP contribution in [0.2, 0.25) is 0 Å². The third-order valence-electron chi connectivity index (χ3n) is 5.45. The number of nitrogens with zero attached hydrogens (tertiary/aromatic N) is 1. The van der Waals surface area contributed by atoms with Crippen molar-refractivity contribution in [3.8, 4) is 0 Å². The van der Waals surface area contributed by atoms with Crippen molar-refractivity contribution < 1.29 is 0 Å². The molecule has 116 valence electrons. The van der Waals surface area contributed by atoms with Crippen molar-refractivity contribution in [2.24, 2.45) is 11.3 Å². The van der Waals surface area contributed by atoms with Gasteiger partial charge in [-0.15, -0.1) is 0 Å². The Hall–Kier alpha value is -0.860. The molecule has 1 unspecified atom stereocenters. The smallest absolute Gasteiger partial charge is 0.0378 e. The van der Waals surface area contributed by atoms with E-state index < -0.39 is 0 Å². The maximum Gasteiger partial charge on any atom is 0.0378 e. The van der Waals surface area contributed by atoms with E-state index >= 15 is 0 Å². The Bertz CT molecular complexity index is 472. The summed E-state index contributed by atoms with van der Waals surface area (Å²) in [6.07, 6.45) is 3.94. The molecule has 0 spiro atoms. The summed E-state index contributed by atoms with van der Waals surface area (Å²) in [6, 6.07) is 9.47. The molecule has 1 N–H and O–H groups in total. The summed E-state index contributed by atoms with van der Waals surface area (Å²) in [5.41, 5.74) is 3.39. The van der Waals surface area contributed by atoms with Crippen molar-refractivity contribution in [3.63, 3.8) is 0 Å². The van der Waals surface area contributed by atoms with Crippen LogP contribution in [-0.4, -0.2) is 31.1 Å². The van der Waals surface area contributed by atoms with E-state index in [0.29, 0.717) is 11.5 Å². The minimum atomic E-state index is 0.333. The van der Waals surface area contributed by atoms with Gasteiger partial charge in [-0.1, -0.05) is 45.0 Å². The topological polar surface area (TPSA) is 15.3 Å². The zero-order valence-electron chi connectivity index (χ0n) is 13.9. The molecular formula is C19H30N2. The summed E-state index contributed by atoms with van der Waals surface area (Å²) in [6.45, 7) is 12.0. The molecule has 1 heterocycles. The van der Waals surface area contributed by atoms with Crippen molar-refractivity contribution in [2.45, 2.75) is 46.1 Å². The van der Waals surface area contributed by atoms with E-state index in [1.54, 1.807) is 0 Å². The van der Waals surface area contributed by atoms with Crippen molar-refractivity contribution in [1.82, 2.24) is 10.2 Å². The van der Waals surface area contributed by atoms with Crippen LogP contribution in [0, 0.1) is 11.3 Å². The summed E-state index contributed by atoms with van der Waals surface area (Å²) in [7, 11) is 0. The maximum absolute atomic E-state index is 3.84. The van der Waals surface area contributed by atoms with Gasteiger partial charge in [-0.05, 0) is 54.8 Å². The molecule has 3 rings (SSSR count). The Kier molecular flexibility index (Phi) is 4.37. The van der Waals surface area contributed by atoms with Crippen molar-refractivity contribution in [2.75, 3.05) is 26.2 Å². The van der Waals surface area contributed by atoms with E-state index in [0.717, 1.165) is 12.5 Å². The molecule has 1 aliphatic carbocycles. The molecule has 1 aromatic carbocycles. The second-order valence-electron chi connectivity index (χ2n) is 7.78. The SMILES string of the molecule is CC1CCN(CCNC2c3ccccc3CC2(C)C)CC1. The predicted molar refractivity (Wildman–Crippen MR) is 89.5 cm³/mol. The zero-order chi connectivity index (χ0) is 14.9. The first-order valence-corrected chi connectivity index (χ1v) is 8.60. The van der Waals surface area contributed by atoms with Crippen LogP contribution in [-0.2, 0) is 6.42 Å². The van der Waals surface area contributed by atoms with E-state index in [2.05, 4.69) is 55.3 Å². The first-order valence-electron chi connectivity index (χ1n) is 8.60. The largest absolute Gasteiger partial charge is 0.308 e. The van der Waals surface area contributed by atoms with E-state index in [-0.39, 0.29) is 0 Å². The molecule has 0 bridgehead atoms. The van der Waals surface area contributed by atoms with Gasteiger partial charge in [0.2, 0.25) is 0 Å². The molecule has 1 aliphatic heterocycles. The lowest BCUT2D eigenvalue weighted by Crippen LogP contribution is -2.40. The lowest BCUT2D eigenvalue weighted by molar-refractivity contribution is 0.183. The maximum atomic E-state index is 3.84. The third kappa shape index (κ3) is 3.32. The molecule has 2 aliphatic rings. The summed E-state index contributed by atoms with van der Waals surface area (Å²) in [5, 5.41) is 3.84. The predicted octanol–water partition coefficient (Wildman–Crippen LogP) is 3.63. The molecule has 1 aromatic rings. The molecule has 0 saturated carbocycles. The molecule has 1 saturated heterocycles. The van der Waals surface area contributed by atoms with Crippen LogP contribution >= 0.6 is 0 Å². The highest BCUT2D eigenvalue weighted by Crippen LogP contribution is 2.44. The number of hydrogen-bond donors (Lipinski definition) is 1. The minimum absolute atomic E-state index is 0.333. The van der Waals surface area contributed by atoms with Crippen LogP contribution in [0.1, 0.15) is 50.8 Å². The molecule has 2 nitrogen and oxygen atoms in total. The minimum Gasteiger partial charge on any atom is -0.308 e. The molecule has 0 radical (unpaired) electrons. The van der Waals surface area contributed by atoms with Crippen LogP contribution in [0.25, 0.3) is 0 Å². The number of piperidine rings is 1. The monoisotopic (exact) mass is 286 g/mol. The van der Waals surface area contributed by atoms with E-state index in [9.17, 15) is 0 Å². The molecule has 1 atom stereocenters. The normalized spacial score (nSPS) is 26.0. The van der Waals surface area contributed by atoms with Gasteiger partial charge in [-0.3, -0.25) is 0 Å². The van der Waals surface area contributed by atoms with Gasteiger partial charge < -0.3 is 10.2 Å². The van der Waals surface area contributed by atoms with Gasteiger partial charge in [0.25, 0.3) is 0 Å². The van der Waals surface area contributed by atoms with Gasteiger partial charge in [0.1, 0.15) is 0 Å². The van der Waals surface area contributed by atoms with Crippen LogP contribution in [0.4, 0.5) is 0 Å². The Labute approximate surface area is 129 Å². The first kappa shape index (κ1) is 15.1. The van der Waals surface area contributed by atoms with Gasteiger partial charge in [0.05, 0.1) is 0 Å². The van der Waals surface area contributed by atoms with Gasteiger partial charge in [0, 0.05) is 19.1 Å². The van der Waals surface area contributed by atoms with Crippen molar-refractivity contribution in [1.29, 1.82) is 0 Å². The van der Waals surface area contributed by atoms with Gasteiger partial charge >= 0.3 is 0 Å². The summed E-state index contributed by atoms with van der Waals surface area (Å²) in [4.78, 5) is 2.63. The summed E-state index contributed by atoms with van der Waals surface area (Å²) >= 11 is 0. The lowest BCUT2D eigenvalue weighted by atomic mass is 9.85. The average molecular weight is 286 g/mol. The Balaban J connectivity index is 1.55. The van der Waals surface area contributed by atoms with Crippen LogP contribution < -0.4 is 5.32 Å². The highest BCUT2D eigenvalue weighted by Gasteiger charge is 2.38. The fraction of sp³-hybridized carbons (Fsp3) is 0.684. The zero-order valence-corrected chi connectivity index (χ0v) is 13.9. The number of hydrogen-bond acceptors (Lipinski definition) is 2. The third-order valence-corrected chi connectivity index (χ3v) is 5.45. The molecule has 1 fully saturated rings. The Morgan fingerprint density at radius 1 is 1.19 bits per heavy atom.